The fourth-order valence-electron chi connectivity index (χ4n) is 2.37. The normalized spacial score (nSPS) is 12.1. The molecule has 0 fully saturated rings. The fraction of sp³-hybridized carbons (Fsp3) is 0.222. The van der Waals surface area contributed by atoms with Crippen LogP contribution in [0.4, 0.5) is 4.79 Å². The SMILES string of the molecule is CC(c1cc2ccccc2o1)N(C)C(=O)NCc1ccccn1. The van der Waals surface area contributed by atoms with Crippen molar-refractivity contribution in [3.63, 3.8) is 0 Å². The summed E-state index contributed by atoms with van der Waals surface area (Å²) in [4.78, 5) is 18.1. The molecule has 0 saturated heterocycles. The monoisotopic (exact) mass is 309 g/mol. The Morgan fingerprint density at radius 1 is 1.26 bits per heavy atom. The Labute approximate surface area is 134 Å². The largest absolute Gasteiger partial charge is 0.459 e. The molecule has 118 valence electrons. The van der Waals surface area contributed by atoms with E-state index in [2.05, 4.69) is 10.3 Å². The number of hydrogen-bond donors (Lipinski definition) is 1. The number of rotatable bonds is 4. The number of nitrogens with one attached hydrogen (secondary N) is 1. The molecule has 3 rings (SSSR count). The number of carbonyl (C=O) groups is 1. The number of carbonyl (C=O) groups excluding carboxylic acids is 1. The average Bonchev–Trinajstić information content (AvgIpc) is 3.03. The second-order valence-corrected chi connectivity index (χ2v) is 5.45. The summed E-state index contributed by atoms with van der Waals surface area (Å²) < 4.78 is 5.83. The van der Waals surface area contributed by atoms with E-state index in [1.165, 1.54) is 0 Å². The van der Waals surface area contributed by atoms with Gasteiger partial charge in [-0.1, -0.05) is 24.3 Å². The van der Waals surface area contributed by atoms with E-state index in [1.807, 2.05) is 55.5 Å². The summed E-state index contributed by atoms with van der Waals surface area (Å²) in [5.41, 5.74) is 1.65. The van der Waals surface area contributed by atoms with Crippen LogP contribution >= 0.6 is 0 Å². The number of aromatic nitrogens is 1. The number of amides is 2. The Morgan fingerprint density at radius 3 is 2.78 bits per heavy atom. The van der Waals surface area contributed by atoms with E-state index >= 15 is 0 Å². The molecule has 1 unspecified atom stereocenters. The molecular weight excluding hydrogens is 290 g/mol. The van der Waals surface area contributed by atoms with Crippen LogP contribution in [0, 0.1) is 0 Å². The summed E-state index contributed by atoms with van der Waals surface area (Å²) in [6.45, 7) is 2.34. The van der Waals surface area contributed by atoms with Gasteiger partial charge in [0, 0.05) is 18.6 Å². The third-order valence-corrected chi connectivity index (χ3v) is 3.90. The van der Waals surface area contributed by atoms with E-state index in [1.54, 1.807) is 18.1 Å². The zero-order valence-corrected chi connectivity index (χ0v) is 13.2. The maximum Gasteiger partial charge on any atom is 0.318 e. The van der Waals surface area contributed by atoms with Crippen LogP contribution in [0.1, 0.15) is 24.4 Å². The fourth-order valence-corrected chi connectivity index (χ4v) is 2.37. The van der Waals surface area contributed by atoms with Gasteiger partial charge in [0.15, 0.2) is 0 Å². The van der Waals surface area contributed by atoms with Crippen LogP contribution in [0.2, 0.25) is 0 Å². The molecule has 0 saturated carbocycles. The number of para-hydroxylation sites is 1. The van der Waals surface area contributed by atoms with Crippen LogP contribution < -0.4 is 5.32 Å². The molecule has 23 heavy (non-hydrogen) atoms. The molecule has 3 aromatic rings. The highest BCUT2D eigenvalue weighted by atomic mass is 16.3. The highest BCUT2D eigenvalue weighted by Crippen LogP contribution is 2.26. The van der Waals surface area contributed by atoms with Crippen LogP contribution in [0.5, 0.6) is 0 Å². The van der Waals surface area contributed by atoms with Crippen molar-refractivity contribution in [2.75, 3.05) is 7.05 Å². The minimum Gasteiger partial charge on any atom is -0.459 e. The lowest BCUT2D eigenvalue weighted by molar-refractivity contribution is 0.187. The minimum atomic E-state index is -0.163. The summed E-state index contributed by atoms with van der Waals surface area (Å²) >= 11 is 0. The van der Waals surface area contributed by atoms with Gasteiger partial charge in [0.05, 0.1) is 18.3 Å². The Kier molecular flexibility index (Phi) is 4.28. The van der Waals surface area contributed by atoms with E-state index in [0.29, 0.717) is 6.54 Å². The molecule has 0 aliphatic heterocycles. The van der Waals surface area contributed by atoms with Crippen LogP contribution in [0.25, 0.3) is 11.0 Å². The standard InChI is InChI=1S/C18H19N3O2/c1-13(17-11-14-7-3-4-9-16(14)23-17)21(2)18(22)20-12-15-8-5-6-10-19-15/h3-11,13H,12H2,1-2H3,(H,20,22). The maximum atomic E-state index is 12.3. The molecule has 0 bridgehead atoms. The predicted molar refractivity (Wildman–Crippen MR) is 88.9 cm³/mol. The molecular formula is C18H19N3O2. The van der Waals surface area contributed by atoms with Gasteiger partial charge >= 0.3 is 6.03 Å². The first-order chi connectivity index (χ1) is 11.1. The molecule has 5 heteroatoms. The molecule has 0 aliphatic carbocycles. The van der Waals surface area contributed by atoms with Gasteiger partial charge in [-0.3, -0.25) is 4.98 Å². The number of furan rings is 1. The van der Waals surface area contributed by atoms with Crippen molar-refractivity contribution in [1.82, 2.24) is 15.2 Å². The number of fused-ring (bicyclic) bond motifs is 1. The summed E-state index contributed by atoms with van der Waals surface area (Å²) in [5, 5.41) is 3.90. The number of hydrogen-bond acceptors (Lipinski definition) is 3. The van der Waals surface area contributed by atoms with Crippen molar-refractivity contribution >= 4 is 17.0 Å². The lowest BCUT2D eigenvalue weighted by Crippen LogP contribution is -2.38. The van der Waals surface area contributed by atoms with Crippen molar-refractivity contribution in [1.29, 1.82) is 0 Å². The van der Waals surface area contributed by atoms with Crippen LogP contribution in [0.3, 0.4) is 0 Å². The Balaban J connectivity index is 1.66. The van der Waals surface area contributed by atoms with Crippen LogP contribution in [-0.2, 0) is 6.54 Å². The number of urea groups is 1. The summed E-state index contributed by atoms with van der Waals surface area (Å²) in [5.74, 6) is 0.765. The van der Waals surface area contributed by atoms with Gasteiger partial charge in [0.1, 0.15) is 11.3 Å². The first-order valence-corrected chi connectivity index (χ1v) is 7.54. The molecule has 0 spiro atoms. The van der Waals surface area contributed by atoms with Gasteiger partial charge in [-0.2, -0.15) is 0 Å². The molecule has 1 aromatic carbocycles. The van der Waals surface area contributed by atoms with E-state index in [9.17, 15) is 4.79 Å². The zero-order valence-electron chi connectivity index (χ0n) is 13.2. The summed E-state index contributed by atoms with van der Waals surface area (Å²) in [6.07, 6.45) is 1.71. The number of pyridine rings is 1. The third-order valence-electron chi connectivity index (χ3n) is 3.90. The minimum absolute atomic E-state index is 0.161. The van der Waals surface area contributed by atoms with Crippen molar-refractivity contribution in [3.05, 3.63) is 66.2 Å². The van der Waals surface area contributed by atoms with Gasteiger partial charge < -0.3 is 14.6 Å². The number of nitrogens with zero attached hydrogens (tertiary/aromatic N) is 2. The van der Waals surface area contributed by atoms with Gasteiger partial charge in [-0.25, -0.2) is 4.79 Å². The highest BCUT2D eigenvalue weighted by molar-refractivity contribution is 5.78. The molecule has 2 heterocycles. The molecule has 1 atom stereocenters. The van der Waals surface area contributed by atoms with Crippen molar-refractivity contribution in [3.8, 4) is 0 Å². The quantitative estimate of drug-likeness (QED) is 0.799. The molecule has 2 amide bonds. The lowest BCUT2D eigenvalue weighted by atomic mass is 10.2. The first-order valence-electron chi connectivity index (χ1n) is 7.54. The predicted octanol–water partition coefficient (Wildman–Crippen LogP) is 3.73. The van der Waals surface area contributed by atoms with E-state index < -0.39 is 0 Å². The molecule has 0 aliphatic rings. The summed E-state index contributed by atoms with van der Waals surface area (Å²) in [6, 6.07) is 15.1. The van der Waals surface area contributed by atoms with Crippen molar-refractivity contribution in [2.45, 2.75) is 19.5 Å². The topological polar surface area (TPSA) is 58.4 Å². The number of benzene rings is 1. The van der Waals surface area contributed by atoms with E-state index in [4.69, 9.17) is 4.42 Å². The first kappa shape index (κ1) is 15.1. The van der Waals surface area contributed by atoms with E-state index in [0.717, 1.165) is 22.4 Å². The molecule has 1 N–H and O–H groups in total. The highest BCUT2D eigenvalue weighted by Gasteiger charge is 2.20. The second-order valence-electron chi connectivity index (χ2n) is 5.45. The zero-order chi connectivity index (χ0) is 16.2. The van der Waals surface area contributed by atoms with Gasteiger partial charge in [0.2, 0.25) is 0 Å². The van der Waals surface area contributed by atoms with Crippen molar-refractivity contribution in [2.24, 2.45) is 0 Å². The molecule has 0 radical (unpaired) electrons. The van der Waals surface area contributed by atoms with Crippen LogP contribution in [0.15, 0.2) is 59.1 Å². The smallest absolute Gasteiger partial charge is 0.318 e. The van der Waals surface area contributed by atoms with Crippen LogP contribution in [-0.4, -0.2) is 23.0 Å². The van der Waals surface area contributed by atoms with Gasteiger partial charge in [-0.15, -0.1) is 0 Å². The second kappa shape index (κ2) is 6.52. The molecule has 2 aromatic heterocycles. The average molecular weight is 309 g/mol. The Bertz CT molecular complexity index is 765. The third kappa shape index (κ3) is 3.34. The maximum absolute atomic E-state index is 12.3. The Morgan fingerprint density at radius 2 is 2.04 bits per heavy atom. The lowest BCUT2D eigenvalue weighted by Gasteiger charge is -2.23. The Hall–Kier alpha value is -2.82. The van der Waals surface area contributed by atoms with Crippen molar-refractivity contribution < 1.29 is 9.21 Å². The van der Waals surface area contributed by atoms with E-state index in [-0.39, 0.29) is 12.1 Å². The summed E-state index contributed by atoms with van der Waals surface area (Å²) in [7, 11) is 1.76. The van der Waals surface area contributed by atoms with Gasteiger partial charge in [-0.05, 0) is 31.2 Å². The molecule has 5 nitrogen and oxygen atoms in total. The van der Waals surface area contributed by atoms with Gasteiger partial charge in [0.25, 0.3) is 0 Å².